The number of ether oxygens (including phenoxy) is 1. The van der Waals surface area contributed by atoms with Gasteiger partial charge in [-0.25, -0.2) is 4.98 Å². The molecule has 1 aromatic heterocycles. The SMILES string of the molecule is Cl.Cl.NC1C2CCCC1CC(C(=O)NCc1ccc(N3CCOCC3)nc1)C2. The maximum atomic E-state index is 12.6. The van der Waals surface area contributed by atoms with E-state index < -0.39 is 0 Å². The molecule has 3 fully saturated rings. The minimum atomic E-state index is 0. The van der Waals surface area contributed by atoms with Gasteiger partial charge in [0.1, 0.15) is 5.82 Å². The zero-order valence-corrected chi connectivity index (χ0v) is 17.9. The van der Waals surface area contributed by atoms with E-state index in [0.717, 1.165) is 50.5 Å². The fourth-order valence-corrected chi connectivity index (χ4v) is 4.84. The number of morpholine rings is 1. The smallest absolute Gasteiger partial charge is 0.223 e. The lowest BCUT2D eigenvalue weighted by Gasteiger charge is -2.43. The molecule has 3 aliphatic rings. The van der Waals surface area contributed by atoms with E-state index in [9.17, 15) is 4.79 Å². The van der Waals surface area contributed by atoms with Crippen molar-refractivity contribution >= 4 is 36.5 Å². The molecule has 2 atom stereocenters. The number of fused-ring (bicyclic) bond motifs is 2. The molecule has 0 spiro atoms. The summed E-state index contributed by atoms with van der Waals surface area (Å²) in [6, 6.07) is 4.41. The Labute approximate surface area is 179 Å². The standard InChI is InChI=1S/C20H30N4O2.2ClH/c21-19-15-2-1-3-16(19)11-17(10-15)20(25)23-13-14-4-5-18(22-12-14)24-6-8-26-9-7-24;;/h4-5,12,15-17,19H,1-3,6-11,13,21H2,(H,23,25);2*1H. The normalized spacial score (nSPS) is 29.2. The molecule has 1 amide bonds. The van der Waals surface area contributed by atoms with Crippen LogP contribution in [0.25, 0.3) is 0 Å². The van der Waals surface area contributed by atoms with Crippen LogP contribution in [-0.4, -0.2) is 43.2 Å². The lowest BCUT2D eigenvalue weighted by molar-refractivity contribution is -0.128. The van der Waals surface area contributed by atoms with Crippen LogP contribution >= 0.6 is 24.8 Å². The lowest BCUT2D eigenvalue weighted by Crippen LogP contribution is -2.49. The van der Waals surface area contributed by atoms with E-state index in [1.54, 1.807) is 0 Å². The number of hydrogen-bond acceptors (Lipinski definition) is 5. The molecule has 0 radical (unpaired) electrons. The average molecular weight is 431 g/mol. The van der Waals surface area contributed by atoms with E-state index >= 15 is 0 Å². The summed E-state index contributed by atoms with van der Waals surface area (Å²) in [4.78, 5) is 19.4. The van der Waals surface area contributed by atoms with Gasteiger partial charge in [-0.1, -0.05) is 12.5 Å². The van der Waals surface area contributed by atoms with Gasteiger partial charge in [-0.05, 0) is 49.1 Å². The van der Waals surface area contributed by atoms with Crippen molar-refractivity contribution in [3.05, 3.63) is 23.9 Å². The van der Waals surface area contributed by atoms with Crippen molar-refractivity contribution in [2.75, 3.05) is 31.2 Å². The van der Waals surface area contributed by atoms with Crippen LogP contribution in [0.3, 0.4) is 0 Å². The van der Waals surface area contributed by atoms with Gasteiger partial charge >= 0.3 is 0 Å². The zero-order valence-electron chi connectivity index (χ0n) is 16.2. The van der Waals surface area contributed by atoms with E-state index in [4.69, 9.17) is 10.5 Å². The topological polar surface area (TPSA) is 80.5 Å². The maximum absolute atomic E-state index is 12.6. The van der Waals surface area contributed by atoms with Crippen LogP contribution in [0.1, 0.15) is 37.7 Å². The number of carbonyl (C=O) groups is 1. The number of nitrogens with one attached hydrogen (secondary N) is 1. The number of carbonyl (C=O) groups excluding carboxylic acids is 1. The quantitative estimate of drug-likeness (QED) is 0.766. The van der Waals surface area contributed by atoms with E-state index in [2.05, 4.69) is 21.3 Å². The predicted molar refractivity (Wildman–Crippen MR) is 115 cm³/mol. The van der Waals surface area contributed by atoms with Crippen molar-refractivity contribution in [3.63, 3.8) is 0 Å². The molecule has 28 heavy (non-hydrogen) atoms. The zero-order chi connectivity index (χ0) is 17.9. The van der Waals surface area contributed by atoms with Gasteiger partial charge in [0, 0.05) is 37.8 Å². The Hall–Kier alpha value is -1.08. The molecule has 8 heteroatoms. The van der Waals surface area contributed by atoms with Crippen molar-refractivity contribution in [3.8, 4) is 0 Å². The molecule has 158 valence electrons. The Balaban J connectivity index is 0.00000140. The van der Waals surface area contributed by atoms with Crippen LogP contribution < -0.4 is 16.0 Å². The molecule has 4 rings (SSSR count). The molecule has 0 aromatic carbocycles. The van der Waals surface area contributed by atoms with Crippen LogP contribution in [0.5, 0.6) is 0 Å². The van der Waals surface area contributed by atoms with Gasteiger partial charge in [0.15, 0.2) is 0 Å². The summed E-state index contributed by atoms with van der Waals surface area (Å²) < 4.78 is 5.38. The fraction of sp³-hybridized carbons (Fsp3) is 0.700. The number of anilines is 1. The van der Waals surface area contributed by atoms with E-state index in [1.807, 2.05) is 12.3 Å². The number of rotatable bonds is 4. The summed E-state index contributed by atoms with van der Waals surface area (Å²) >= 11 is 0. The summed E-state index contributed by atoms with van der Waals surface area (Å²) in [5.74, 6) is 2.37. The Morgan fingerprint density at radius 1 is 1.18 bits per heavy atom. The first kappa shape index (κ1) is 23.2. The summed E-state index contributed by atoms with van der Waals surface area (Å²) in [7, 11) is 0. The van der Waals surface area contributed by atoms with E-state index in [1.165, 1.54) is 19.3 Å². The molecule has 1 aliphatic heterocycles. The summed E-state index contributed by atoms with van der Waals surface area (Å²) in [6.07, 6.45) is 7.44. The van der Waals surface area contributed by atoms with Crippen LogP contribution in [0.2, 0.25) is 0 Å². The first-order valence-electron chi connectivity index (χ1n) is 10.0. The predicted octanol–water partition coefficient (Wildman–Crippen LogP) is 2.53. The van der Waals surface area contributed by atoms with Crippen LogP contribution in [-0.2, 0) is 16.1 Å². The highest BCUT2D eigenvalue weighted by Crippen LogP contribution is 2.41. The average Bonchev–Trinajstić information content (AvgIpc) is 2.67. The second-order valence-corrected chi connectivity index (χ2v) is 8.04. The minimum absolute atomic E-state index is 0. The molecule has 2 bridgehead atoms. The van der Waals surface area contributed by atoms with Crippen molar-refractivity contribution < 1.29 is 9.53 Å². The highest BCUT2D eigenvalue weighted by molar-refractivity contribution is 5.85. The number of aromatic nitrogens is 1. The molecule has 2 unspecified atom stereocenters. The lowest BCUT2D eigenvalue weighted by atomic mass is 9.65. The summed E-state index contributed by atoms with van der Waals surface area (Å²) in [6.45, 7) is 3.83. The number of hydrogen-bond donors (Lipinski definition) is 2. The van der Waals surface area contributed by atoms with Crippen molar-refractivity contribution in [1.29, 1.82) is 0 Å². The largest absolute Gasteiger partial charge is 0.378 e. The maximum Gasteiger partial charge on any atom is 0.223 e. The Morgan fingerprint density at radius 3 is 2.46 bits per heavy atom. The van der Waals surface area contributed by atoms with E-state index in [-0.39, 0.29) is 36.6 Å². The molecule has 1 saturated heterocycles. The van der Waals surface area contributed by atoms with Crippen molar-refractivity contribution in [2.45, 2.75) is 44.7 Å². The number of nitrogens with two attached hydrogens (primary N) is 1. The third kappa shape index (κ3) is 5.29. The Morgan fingerprint density at radius 2 is 1.86 bits per heavy atom. The number of nitrogens with zero attached hydrogens (tertiary/aromatic N) is 2. The van der Waals surface area contributed by atoms with Crippen molar-refractivity contribution in [1.82, 2.24) is 10.3 Å². The first-order chi connectivity index (χ1) is 12.7. The second-order valence-electron chi connectivity index (χ2n) is 8.04. The first-order valence-corrected chi connectivity index (χ1v) is 10.0. The summed E-state index contributed by atoms with van der Waals surface area (Å²) in [5.41, 5.74) is 7.38. The van der Waals surface area contributed by atoms with Gasteiger partial charge in [-0.3, -0.25) is 4.79 Å². The molecule has 3 N–H and O–H groups in total. The Kier molecular flexibility index (Phi) is 8.81. The molecular weight excluding hydrogens is 399 g/mol. The van der Waals surface area contributed by atoms with Gasteiger partial charge in [-0.2, -0.15) is 0 Å². The van der Waals surface area contributed by atoms with E-state index in [0.29, 0.717) is 24.4 Å². The second kappa shape index (κ2) is 10.6. The summed E-state index contributed by atoms with van der Waals surface area (Å²) in [5, 5.41) is 3.12. The molecule has 2 heterocycles. The molecule has 2 saturated carbocycles. The molecule has 6 nitrogen and oxygen atoms in total. The van der Waals surface area contributed by atoms with Gasteiger partial charge in [0.25, 0.3) is 0 Å². The van der Waals surface area contributed by atoms with Gasteiger partial charge in [-0.15, -0.1) is 24.8 Å². The number of amides is 1. The Bertz CT molecular complexity index is 611. The number of halogens is 2. The highest BCUT2D eigenvalue weighted by Gasteiger charge is 2.40. The molecule has 2 aliphatic carbocycles. The van der Waals surface area contributed by atoms with Gasteiger partial charge in [0.2, 0.25) is 5.91 Å². The van der Waals surface area contributed by atoms with Crippen molar-refractivity contribution in [2.24, 2.45) is 23.5 Å². The molecule has 1 aromatic rings. The monoisotopic (exact) mass is 430 g/mol. The van der Waals surface area contributed by atoms with Crippen LogP contribution in [0.15, 0.2) is 18.3 Å². The number of pyridine rings is 1. The van der Waals surface area contributed by atoms with Crippen LogP contribution in [0, 0.1) is 17.8 Å². The third-order valence-electron chi connectivity index (χ3n) is 6.39. The van der Waals surface area contributed by atoms with Crippen LogP contribution in [0.4, 0.5) is 5.82 Å². The minimum Gasteiger partial charge on any atom is -0.378 e. The molecular formula is C20H32Cl2N4O2. The van der Waals surface area contributed by atoms with Gasteiger partial charge < -0.3 is 20.7 Å². The third-order valence-corrected chi connectivity index (χ3v) is 6.39. The van der Waals surface area contributed by atoms with Gasteiger partial charge in [0.05, 0.1) is 13.2 Å². The highest BCUT2D eigenvalue weighted by atomic mass is 35.5. The fourth-order valence-electron chi connectivity index (χ4n) is 4.84.